The fraction of sp³-hybridized carbons (Fsp3) is 0.294. The SMILES string of the molecule is CC.CN.Cc1ccc([N+](=O)[O-])cc1.NCc1ccc([N+](=O)[O-])cc1. The number of hydrogen-bond acceptors (Lipinski definition) is 6. The molecule has 0 fully saturated rings. The molecular formula is C17H26N4O4. The van der Waals surface area contributed by atoms with Gasteiger partial charge in [-0.25, -0.2) is 0 Å². The fourth-order valence-corrected chi connectivity index (χ4v) is 1.42. The van der Waals surface area contributed by atoms with Gasteiger partial charge in [0.15, 0.2) is 0 Å². The summed E-state index contributed by atoms with van der Waals surface area (Å²) >= 11 is 0. The third-order valence-corrected chi connectivity index (χ3v) is 2.63. The van der Waals surface area contributed by atoms with Crippen LogP contribution < -0.4 is 11.5 Å². The monoisotopic (exact) mass is 350 g/mol. The third-order valence-electron chi connectivity index (χ3n) is 2.63. The van der Waals surface area contributed by atoms with Crippen LogP contribution >= 0.6 is 0 Å². The largest absolute Gasteiger partial charge is 0.333 e. The van der Waals surface area contributed by atoms with E-state index in [0.29, 0.717) is 6.54 Å². The Morgan fingerprint density at radius 1 is 0.800 bits per heavy atom. The Hall–Kier alpha value is -2.84. The number of rotatable bonds is 3. The lowest BCUT2D eigenvalue weighted by Crippen LogP contribution is -1.96. The van der Waals surface area contributed by atoms with Crippen LogP contribution in [0, 0.1) is 27.2 Å². The van der Waals surface area contributed by atoms with Gasteiger partial charge < -0.3 is 11.5 Å². The number of nitrogens with two attached hydrogens (primary N) is 2. The highest BCUT2D eigenvalue weighted by Gasteiger charge is 2.02. The maximum Gasteiger partial charge on any atom is 0.269 e. The molecule has 0 amide bonds. The van der Waals surface area contributed by atoms with Gasteiger partial charge in [-0.1, -0.05) is 43.7 Å². The lowest BCUT2D eigenvalue weighted by molar-refractivity contribution is -0.385. The summed E-state index contributed by atoms with van der Waals surface area (Å²) < 4.78 is 0. The van der Waals surface area contributed by atoms with Crippen molar-refractivity contribution >= 4 is 11.4 Å². The van der Waals surface area contributed by atoms with Crippen LogP contribution in [-0.4, -0.2) is 16.9 Å². The molecule has 4 N–H and O–H groups in total. The van der Waals surface area contributed by atoms with E-state index in [1.54, 1.807) is 24.3 Å². The van der Waals surface area contributed by atoms with Gasteiger partial charge in [-0.3, -0.25) is 20.2 Å². The molecule has 0 aliphatic rings. The van der Waals surface area contributed by atoms with Crippen LogP contribution in [0.15, 0.2) is 48.5 Å². The van der Waals surface area contributed by atoms with E-state index in [-0.39, 0.29) is 11.4 Å². The summed E-state index contributed by atoms with van der Waals surface area (Å²) in [5.74, 6) is 0. The van der Waals surface area contributed by atoms with Crippen molar-refractivity contribution in [1.29, 1.82) is 0 Å². The molecule has 0 unspecified atom stereocenters. The highest BCUT2D eigenvalue weighted by atomic mass is 16.6. The maximum atomic E-state index is 10.2. The Morgan fingerprint density at radius 3 is 1.40 bits per heavy atom. The van der Waals surface area contributed by atoms with Gasteiger partial charge in [0.2, 0.25) is 0 Å². The zero-order valence-electron chi connectivity index (χ0n) is 15.0. The molecule has 0 bridgehead atoms. The van der Waals surface area contributed by atoms with Gasteiger partial charge in [-0.05, 0) is 19.5 Å². The van der Waals surface area contributed by atoms with Crippen LogP contribution in [-0.2, 0) is 6.54 Å². The van der Waals surface area contributed by atoms with Gasteiger partial charge in [0.25, 0.3) is 11.4 Å². The molecule has 0 aliphatic heterocycles. The second-order valence-corrected chi connectivity index (χ2v) is 4.22. The number of non-ortho nitro benzene ring substituents is 2. The van der Waals surface area contributed by atoms with E-state index in [0.717, 1.165) is 11.1 Å². The van der Waals surface area contributed by atoms with Crippen molar-refractivity contribution in [3.05, 3.63) is 79.9 Å². The molecule has 0 radical (unpaired) electrons. The number of benzene rings is 2. The van der Waals surface area contributed by atoms with E-state index in [9.17, 15) is 20.2 Å². The second-order valence-electron chi connectivity index (χ2n) is 4.22. The predicted molar refractivity (Wildman–Crippen MR) is 100 cm³/mol. The van der Waals surface area contributed by atoms with E-state index in [1.807, 2.05) is 20.8 Å². The molecule has 2 aromatic carbocycles. The lowest BCUT2D eigenvalue weighted by Gasteiger charge is -1.93. The Bertz CT molecular complexity index is 614. The van der Waals surface area contributed by atoms with Gasteiger partial charge >= 0.3 is 0 Å². The Labute approximate surface area is 147 Å². The Kier molecular flexibility index (Phi) is 14.4. The van der Waals surface area contributed by atoms with Crippen LogP contribution in [0.3, 0.4) is 0 Å². The van der Waals surface area contributed by atoms with E-state index >= 15 is 0 Å². The number of nitrogens with zero attached hydrogens (tertiary/aromatic N) is 2. The summed E-state index contributed by atoms with van der Waals surface area (Å²) in [5.41, 5.74) is 12.0. The average Bonchev–Trinajstić information content (AvgIpc) is 2.66. The van der Waals surface area contributed by atoms with Crippen molar-refractivity contribution in [2.45, 2.75) is 27.3 Å². The second kappa shape index (κ2) is 14.7. The summed E-state index contributed by atoms with van der Waals surface area (Å²) in [6, 6.07) is 12.6. The first-order valence-electron chi connectivity index (χ1n) is 7.66. The lowest BCUT2D eigenvalue weighted by atomic mass is 10.2. The summed E-state index contributed by atoms with van der Waals surface area (Å²) in [6.07, 6.45) is 0. The van der Waals surface area contributed by atoms with E-state index in [2.05, 4.69) is 5.73 Å². The van der Waals surface area contributed by atoms with Gasteiger partial charge in [-0.2, -0.15) is 0 Å². The van der Waals surface area contributed by atoms with Gasteiger partial charge in [0.1, 0.15) is 0 Å². The number of nitro benzene ring substituents is 2. The van der Waals surface area contributed by atoms with Crippen LogP contribution in [0.4, 0.5) is 11.4 Å². The standard InChI is InChI=1S/C7H8N2O2.C7H7NO2.C2H6.CH5N/c8-5-6-1-3-7(4-2-6)9(10)11;1-6-2-4-7(5-3-6)8(9)10;2*1-2/h1-4H,5,8H2;2-5H,1H3;1-2H3;2H2,1H3. The maximum absolute atomic E-state index is 10.2. The predicted octanol–water partition coefficient (Wildman–Crippen LogP) is 3.56. The van der Waals surface area contributed by atoms with Crippen LogP contribution in [0.2, 0.25) is 0 Å². The van der Waals surface area contributed by atoms with E-state index in [1.165, 1.54) is 31.3 Å². The first-order valence-corrected chi connectivity index (χ1v) is 7.66. The molecule has 25 heavy (non-hydrogen) atoms. The smallest absolute Gasteiger partial charge is 0.269 e. The van der Waals surface area contributed by atoms with Crippen LogP contribution in [0.25, 0.3) is 0 Å². The van der Waals surface area contributed by atoms with Gasteiger partial charge in [0, 0.05) is 30.8 Å². The molecule has 0 saturated carbocycles. The zero-order chi connectivity index (χ0) is 19.8. The average molecular weight is 350 g/mol. The minimum atomic E-state index is -0.430. The summed E-state index contributed by atoms with van der Waals surface area (Å²) in [6.45, 7) is 6.31. The minimum Gasteiger partial charge on any atom is -0.333 e. The van der Waals surface area contributed by atoms with Crippen molar-refractivity contribution in [3.63, 3.8) is 0 Å². The number of hydrogen-bond donors (Lipinski definition) is 2. The van der Waals surface area contributed by atoms with Crippen LogP contribution in [0.5, 0.6) is 0 Å². The molecule has 2 aromatic rings. The first-order chi connectivity index (χ1) is 11.9. The number of nitro groups is 2. The number of aryl methyl sites for hydroxylation is 1. The molecule has 0 heterocycles. The molecule has 8 nitrogen and oxygen atoms in total. The normalized spacial score (nSPS) is 8.40. The first kappa shape index (κ1) is 24.4. The summed E-state index contributed by atoms with van der Waals surface area (Å²) in [5, 5.41) is 20.3. The zero-order valence-corrected chi connectivity index (χ0v) is 15.0. The summed E-state index contributed by atoms with van der Waals surface area (Å²) in [7, 11) is 1.50. The molecule has 0 saturated heterocycles. The van der Waals surface area contributed by atoms with Gasteiger partial charge in [0.05, 0.1) is 9.85 Å². The van der Waals surface area contributed by atoms with E-state index in [4.69, 9.17) is 5.73 Å². The Balaban J connectivity index is 0. The van der Waals surface area contributed by atoms with Crippen molar-refractivity contribution in [3.8, 4) is 0 Å². The third kappa shape index (κ3) is 10.5. The minimum absolute atomic E-state index is 0.0993. The topological polar surface area (TPSA) is 138 Å². The highest BCUT2D eigenvalue weighted by molar-refractivity contribution is 5.33. The van der Waals surface area contributed by atoms with E-state index < -0.39 is 9.85 Å². The molecule has 8 heteroatoms. The molecule has 2 rings (SSSR count). The van der Waals surface area contributed by atoms with Crippen molar-refractivity contribution in [2.75, 3.05) is 7.05 Å². The van der Waals surface area contributed by atoms with Crippen LogP contribution in [0.1, 0.15) is 25.0 Å². The molecule has 0 spiro atoms. The Morgan fingerprint density at radius 2 is 1.12 bits per heavy atom. The highest BCUT2D eigenvalue weighted by Crippen LogP contribution is 2.11. The molecular weight excluding hydrogens is 324 g/mol. The molecule has 0 aromatic heterocycles. The van der Waals surface area contributed by atoms with Gasteiger partial charge in [-0.15, -0.1) is 0 Å². The molecule has 0 aliphatic carbocycles. The van der Waals surface area contributed by atoms with Crippen molar-refractivity contribution in [1.82, 2.24) is 0 Å². The van der Waals surface area contributed by atoms with Crippen molar-refractivity contribution in [2.24, 2.45) is 11.5 Å². The molecule has 138 valence electrons. The van der Waals surface area contributed by atoms with Crippen molar-refractivity contribution < 1.29 is 9.85 Å². The summed E-state index contributed by atoms with van der Waals surface area (Å²) in [4.78, 5) is 19.5. The quantitative estimate of drug-likeness (QED) is 0.641. The molecule has 0 atom stereocenters. The fourth-order valence-electron chi connectivity index (χ4n) is 1.42.